The van der Waals surface area contributed by atoms with Gasteiger partial charge in [-0.3, -0.25) is 9.36 Å². The largest absolute Gasteiger partial charge is 0.324 e. The first kappa shape index (κ1) is 13.2. The van der Waals surface area contributed by atoms with Crippen molar-refractivity contribution in [2.45, 2.75) is 6.92 Å². The molecule has 2 aromatic heterocycles. The van der Waals surface area contributed by atoms with Crippen LogP contribution < -0.4 is 10.6 Å². The minimum Gasteiger partial charge on any atom is -0.324 e. The number of carbonyl (C=O) groups is 1. The zero-order valence-electron chi connectivity index (χ0n) is 11.0. The highest BCUT2D eigenvalue weighted by Gasteiger charge is 2.11. The highest BCUT2D eigenvalue weighted by Crippen LogP contribution is 2.10. The van der Waals surface area contributed by atoms with Crippen molar-refractivity contribution in [2.24, 2.45) is 5.92 Å². The summed E-state index contributed by atoms with van der Waals surface area (Å²) in [5.74, 6) is 0.656. The van der Waals surface area contributed by atoms with E-state index in [4.69, 9.17) is 0 Å². The third-order valence-corrected chi connectivity index (χ3v) is 2.74. The summed E-state index contributed by atoms with van der Waals surface area (Å²) in [6, 6.07) is 3.66. The van der Waals surface area contributed by atoms with Crippen LogP contribution in [0.2, 0.25) is 0 Å². The van der Waals surface area contributed by atoms with Crippen molar-refractivity contribution in [3.05, 3.63) is 37.1 Å². The minimum absolute atomic E-state index is 0.0217. The molecule has 1 atom stereocenters. The van der Waals surface area contributed by atoms with Gasteiger partial charge in [-0.2, -0.15) is 0 Å². The van der Waals surface area contributed by atoms with Gasteiger partial charge in [0.15, 0.2) is 0 Å². The summed E-state index contributed by atoms with van der Waals surface area (Å²) in [6.45, 7) is 2.52. The third kappa shape index (κ3) is 3.38. The van der Waals surface area contributed by atoms with Gasteiger partial charge in [0, 0.05) is 24.9 Å². The van der Waals surface area contributed by atoms with Crippen LogP contribution in [0.5, 0.6) is 0 Å². The molecule has 1 unspecified atom stereocenters. The number of aromatic nitrogens is 3. The van der Waals surface area contributed by atoms with Gasteiger partial charge in [0.2, 0.25) is 5.91 Å². The lowest BCUT2D eigenvalue weighted by molar-refractivity contribution is -0.119. The zero-order chi connectivity index (χ0) is 13.7. The van der Waals surface area contributed by atoms with Gasteiger partial charge >= 0.3 is 0 Å². The lowest BCUT2D eigenvalue weighted by Crippen LogP contribution is -2.28. The van der Waals surface area contributed by atoms with E-state index in [9.17, 15) is 4.79 Å². The molecule has 0 aliphatic rings. The second kappa shape index (κ2) is 6.10. The van der Waals surface area contributed by atoms with Crippen LogP contribution in [0.3, 0.4) is 0 Å². The Bertz CT molecular complexity index is 520. The van der Waals surface area contributed by atoms with Crippen LogP contribution in [0.1, 0.15) is 6.92 Å². The number of hydrogen-bond acceptors (Lipinski definition) is 4. The van der Waals surface area contributed by atoms with Crippen LogP contribution in [-0.2, 0) is 4.79 Å². The van der Waals surface area contributed by atoms with Crippen molar-refractivity contribution in [1.29, 1.82) is 0 Å². The Labute approximate surface area is 111 Å². The Balaban J connectivity index is 2.01. The molecule has 2 aromatic rings. The van der Waals surface area contributed by atoms with Gasteiger partial charge in [0.1, 0.15) is 12.1 Å². The number of pyridine rings is 1. The Morgan fingerprint density at radius 1 is 1.47 bits per heavy atom. The van der Waals surface area contributed by atoms with Crippen LogP contribution >= 0.6 is 0 Å². The molecule has 2 N–H and O–H groups in total. The number of hydrogen-bond donors (Lipinski definition) is 2. The van der Waals surface area contributed by atoms with Crippen molar-refractivity contribution in [1.82, 2.24) is 19.9 Å². The number of rotatable bonds is 5. The number of carbonyl (C=O) groups excluding carboxylic acids is 1. The van der Waals surface area contributed by atoms with Crippen LogP contribution in [-0.4, -0.2) is 34.0 Å². The van der Waals surface area contributed by atoms with Gasteiger partial charge in [-0.05, 0) is 19.2 Å². The lowest BCUT2D eigenvalue weighted by Gasteiger charge is -2.11. The highest BCUT2D eigenvalue weighted by molar-refractivity contribution is 5.92. The van der Waals surface area contributed by atoms with Crippen LogP contribution in [0.15, 0.2) is 37.1 Å². The molecule has 0 bridgehead atoms. The van der Waals surface area contributed by atoms with Gasteiger partial charge in [-0.25, -0.2) is 9.97 Å². The molecule has 0 radical (unpaired) electrons. The average molecular weight is 259 g/mol. The first-order valence-corrected chi connectivity index (χ1v) is 6.10. The molecule has 0 fully saturated rings. The zero-order valence-corrected chi connectivity index (χ0v) is 11.0. The van der Waals surface area contributed by atoms with E-state index in [2.05, 4.69) is 20.6 Å². The molecule has 0 spiro atoms. The molecule has 0 saturated carbocycles. The Hall–Kier alpha value is -2.21. The van der Waals surface area contributed by atoms with E-state index in [1.165, 1.54) is 0 Å². The second-order valence-corrected chi connectivity index (χ2v) is 4.32. The van der Waals surface area contributed by atoms with E-state index in [1.54, 1.807) is 23.3 Å². The molecule has 0 aliphatic carbocycles. The summed E-state index contributed by atoms with van der Waals surface area (Å²) in [5.41, 5.74) is 0.691. The third-order valence-electron chi connectivity index (χ3n) is 2.74. The molecule has 100 valence electrons. The van der Waals surface area contributed by atoms with Crippen molar-refractivity contribution < 1.29 is 4.79 Å². The molecular weight excluding hydrogens is 242 g/mol. The maximum Gasteiger partial charge on any atom is 0.228 e. The molecule has 0 saturated heterocycles. The number of nitrogens with one attached hydrogen (secondary N) is 2. The van der Waals surface area contributed by atoms with Crippen molar-refractivity contribution in [3.63, 3.8) is 0 Å². The fraction of sp³-hybridized carbons (Fsp3) is 0.308. The maximum atomic E-state index is 11.8. The average Bonchev–Trinajstić information content (AvgIpc) is 2.94. The van der Waals surface area contributed by atoms with E-state index in [0.29, 0.717) is 12.2 Å². The van der Waals surface area contributed by atoms with E-state index in [0.717, 1.165) is 5.82 Å². The maximum absolute atomic E-state index is 11.8. The highest BCUT2D eigenvalue weighted by atomic mass is 16.1. The molecule has 2 rings (SSSR count). The quantitative estimate of drug-likeness (QED) is 0.842. The first-order chi connectivity index (χ1) is 9.20. The van der Waals surface area contributed by atoms with Crippen molar-refractivity contribution in [2.75, 3.05) is 18.9 Å². The predicted octanol–water partition coefficient (Wildman–Crippen LogP) is 1.06. The monoisotopic (exact) mass is 259 g/mol. The Kier molecular flexibility index (Phi) is 4.25. The molecule has 2 heterocycles. The van der Waals surface area contributed by atoms with E-state index in [1.807, 2.05) is 32.3 Å². The molecule has 1 amide bonds. The Morgan fingerprint density at radius 3 is 2.89 bits per heavy atom. The van der Waals surface area contributed by atoms with Gasteiger partial charge < -0.3 is 10.6 Å². The number of anilines is 1. The summed E-state index contributed by atoms with van der Waals surface area (Å²) in [6.07, 6.45) is 6.82. The Morgan fingerprint density at radius 2 is 2.32 bits per heavy atom. The molecule has 6 nitrogen and oxygen atoms in total. The van der Waals surface area contributed by atoms with E-state index < -0.39 is 0 Å². The van der Waals surface area contributed by atoms with Gasteiger partial charge in [0.05, 0.1) is 11.9 Å². The molecule has 0 aliphatic heterocycles. The second-order valence-electron chi connectivity index (χ2n) is 4.32. The van der Waals surface area contributed by atoms with Crippen molar-refractivity contribution in [3.8, 4) is 5.82 Å². The molecular formula is C13H17N5O. The molecule has 6 heteroatoms. The number of amides is 1. The smallest absolute Gasteiger partial charge is 0.228 e. The van der Waals surface area contributed by atoms with Crippen LogP contribution in [0, 0.1) is 5.92 Å². The lowest BCUT2D eigenvalue weighted by atomic mass is 10.1. The van der Waals surface area contributed by atoms with E-state index in [-0.39, 0.29) is 11.8 Å². The summed E-state index contributed by atoms with van der Waals surface area (Å²) in [4.78, 5) is 20.1. The summed E-state index contributed by atoms with van der Waals surface area (Å²) < 4.78 is 1.80. The summed E-state index contributed by atoms with van der Waals surface area (Å²) >= 11 is 0. The predicted molar refractivity (Wildman–Crippen MR) is 73.1 cm³/mol. The van der Waals surface area contributed by atoms with Crippen LogP contribution in [0.25, 0.3) is 5.82 Å². The normalized spacial score (nSPS) is 12.1. The topological polar surface area (TPSA) is 71.8 Å². The SMILES string of the molecule is CNCC(C)C(=O)Nc1ccc(-n2ccnc2)nc1. The number of imidazole rings is 1. The van der Waals surface area contributed by atoms with Crippen molar-refractivity contribution >= 4 is 11.6 Å². The minimum atomic E-state index is -0.0849. The van der Waals surface area contributed by atoms with E-state index >= 15 is 0 Å². The first-order valence-electron chi connectivity index (χ1n) is 6.10. The summed E-state index contributed by atoms with van der Waals surface area (Å²) in [7, 11) is 1.82. The fourth-order valence-corrected chi connectivity index (χ4v) is 1.67. The van der Waals surface area contributed by atoms with Gasteiger partial charge in [0.25, 0.3) is 0 Å². The van der Waals surface area contributed by atoms with Crippen LogP contribution in [0.4, 0.5) is 5.69 Å². The van der Waals surface area contributed by atoms with Gasteiger partial charge in [-0.1, -0.05) is 6.92 Å². The number of nitrogens with zero attached hydrogens (tertiary/aromatic N) is 3. The fourth-order valence-electron chi connectivity index (χ4n) is 1.67. The van der Waals surface area contributed by atoms with Gasteiger partial charge in [-0.15, -0.1) is 0 Å². The molecule has 0 aromatic carbocycles. The molecule has 19 heavy (non-hydrogen) atoms. The summed E-state index contributed by atoms with van der Waals surface area (Å²) in [5, 5.41) is 5.81. The standard InChI is InChI=1S/C13H17N5O/c1-10(7-14-2)13(19)17-11-3-4-12(16-8-11)18-6-5-15-9-18/h3-6,8-10,14H,7H2,1-2H3,(H,17,19).